The fourth-order valence-corrected chi connectivity index (χ4v) is 0.761. The van der Waals surface area contributed by atoms with Crippen molar-refractivity contribution in [3.05, 3.63) is 24.0 Å². The average molecular weight is 173 g/mol. The van der Waals surface area contributed by atoms with Crippen LogP contribution < -0.4 is 4.74 Å². The first-order chi connectivity index (χ1) is 5.54. The molecule has 1 aromatic heterocycles. The number of alkyl halides is 2. The summed E-state index contributed by atoms with van der Waals surface area (Å²) in [6.45, 7) is 0.807. The Hall–Kier alpha value is -1.19. The number of rotatable bonds is 2. The van der Waals surface area contributed by atoms with Gasteiger partial charge < -0.3 is 4.74 Å². The molecule has 0 aliphatic rings. The third-order valence-corrected chi connectivity index (χ3v) is 1.42. The van der Waals surface area contributed by atoms with Crippen molar-refractivity contribution in [1.29, 1.82) is 0 Å². The van der Waals surface area contributed by atoms with Crippen LogP contribution in [0.4, 0.5) is 8.78 Å². The Bertz CT molecular complexity index is 253. The van der Waals surface area contributed by atoms with Gasteiger partial charge >= 0.3 is 0 Å². The molecule has 0 radical (unpaired) electrons. The molecule has 0 N–H and O–H groups in total. The molecule has 0 unspecified atom stereocenters. The highest BCUT2D eigenvalue weighted by Crippen LogP contribution is 2.25. The van der Waals surface area contributed by atoms with Gasteiger partial charge in [0.25, 0.3) is 5.92 Å². The molecule has 4 heteroatoms. The van der Waals surface area contributed by atoms with Crippen LogP contribution in [0.5, 0.6) is 5.75 Å². The van der Waals surface area contributed by atoms with Gasteiger partial charge in [0, 0.05) is 6.92 Å². The van der Waals surface area contributed by atoms with E-state index in [0.717, 1.165) is 6.92 Å². The van der Waals surface area contributed by atoms with Crippen molar-refractivity contribution in [2.24, 2.45) is 0 Å². The smallest absolute Gasteiger partial charge is 0.286 e. The van der Waals surface area contributed by atoms with Crippen molar-refractivity contribution in [1.82, 2.24) is 4.98 Å². The molecule has 0 amide bonds. The lowest BCUT2D eigenvalue weighted by atomic mass is 10.2. The summed E-state index contributed by atoms with van der Waals surface area (Å²) in [5, 5.41) is 0. The van der Waals surface area contributed by atoms with Crippen molar-refractivity contribution < 1.29 is 13.5 Å². The summed E-state index contributed by atoms with van der Waals surface area (Å²) in [7, 11) is 1.46. The number of pyridine rings is 1. The van der Waals surface area contributed by atoms with E-state index in [1.165, 1.54) is 25.4 Å². The van der Waals surface area contributed by atoms with Crippen LogP contribution in [0.1, 0.15) is 12.6 Å². The second kappa shape index (κ2) is 3.05. The lowest BCUT2D eigenvalue weighted by Gasteiger charge is -2.08. The number of nitrogens with zero attached hydrogens (tertiary/aromatic N) is 1. The molecule has 12 heavy (non-hydrogen) atoms. The molecule has 0 aliphatic carbocycles. The fraction of sp³-hybridized carbons (Fsp3) is 0.375. The lowest BCUT2D eigenvalue weighted by molar-refractivity contribution is 0.0127. The SMILES string of the molecule is COc1ccc(C(C)(F)F)nc1. The highest BCUT2D eigenvalue weighted by atomic mass is 19.3. The highest BCUT2D eigenvalue weighted by molar-refractivity contribution is 5.21. The Kier molecular flexibility index (Phi) is 2.26. The lowest BCUT2D eigenvalue weighted by Crippen LogP contribution is -2.09. The molecule has 0 spiro atoms. The second-order valence-electron chi connectivity index (χ2n) is 2.47. The van der Waals surface area contributed by atoms with E-state index in [1.807, 2.05) is 0 Å². The van der Waals surface area contributed by atoms with Crippen LogP contribution in [0.25, 0.3) is 0 Å². The van der Waals surface area contributed by atoms with Crippen molar-refractivity contribution in [3.63, 3.8) is 0 Å². The number of ether oxygens (including phenoxy) is 1. The van der Waals surface area contributed by atoms with Gasteiger partial charge in [-0.3, -0.25) is 4.98 Å². The van der Waals surface area contributed by atoms with E-state index in [-0.39, 0.29) is 5.69 Å². The van der Waals surface area contributed by atoms with Gasteiger partial charge in [-0.15, -0.1) is 0 Å². The molecule has 0 saturated heterocycles. The summed E-state index contributed by atoms with van der Waals surface area (Å²) in [4.78, 5) is 3.55. The molecule has 0 fully saturated rings. The van der Waals surface area contributed by atoms with Gasteiger partial charge in [0.2, 0.25) is 0 Å². The number of aromatic nitrogens is 1. The Morgan fingerprint density at radius 3 is 2.42 bits per heavy atom. The molecule has 0 saturated carbocycles. The maximum atomic E-state index is 12.6. The van der Waals surface area contributed by atoms with Crippen LogP contribution in [0.15, 0.2) is 18.3 Å². The van der Waals surface area contributed by atoms with Gasteiger partial charge in [0.1, 0.15) is 11.4 Å². The number of methoxy groups -OCH3 is 1. The van der Waals surface area contributed by atoms with Crippen molar-refractivity contribution >= 4 is 0 Å². The van der Waals surface area contributed by atoms with Crippen molar-refractivity contribution in [3.8, 4) is 5.75 Å². The zero-order valence-electron chi connectivity index (χ0n) is 6.84. The van der Waals surface area contributed by atoms with Gasteiger partial charge in [-0.05, 0) is 12.1 Å². The molecular formula is C8H9F2NO. The van der Waals surface area contributed by atoms with Gasteiger partial charge in [-0.25, -0.2) is 0 Å². The largest absolute Gasteiger partial charge is 0.495 e. The number of hydrogen-bond donors (Lipinski definition) is 0. The molecule has 1 aromatic rings. The minimum absolute atomic E-state index is 0.247. The van der Waals surface area contributed by atoms with E-state index in [4.69, 9.17) is 4.74 Å². The fourth-order valence-electron chi connectivity index (χ4n) is 0.761. The maximum absolute atomic E-state index is 12.6. The summed E-state index contributed by atoms with van der Waals surface area (Å²) in [5.41, 5.74) is -0.247. The van der Waals surface area contributed by atoms with Crippen molar-refractivity contribution in [2.75, 3.05) is 7.11 Å². The summed E-state index contributed by atoms with van der Waals surface area (Å²) in [6, 6.07) is 2.71. The molecule has 0 atom stereocenters. The second-order valence-corrected chi connectivity index (χ2v) is 2.47. The first kappa shape index (κ1) is 8.90. The summed E-state index contributed by atoms with van der Waals surface area (Å²) >= 11 is 0. The van der Waals surface area contributed by atoms with Crippen LogP contribution >= 0.6 is 0 Å². The van der Waals surface area contributed by atoms with Gasteiger partial charge in [0.05, 0.1) is 13.3 Å². The molecule has 0 bridgehead atoms. The Labute approximate surface area is 69.2 Å². The van der Waals surface area contributed by atoms with E-state index in [2.05, 4.69) is 4.98 Å². The van der Waals surface area contributed by atoms with Crippen LogP contribution in [-0.4, -0.2) is 12.1 Å². The normalized spacial score (nSPS) is 11.3. The minimum Gasteiger partial charge on any atom is -0.495 e. The predicted molar refractivity (Wildman–Crippen MR) is 40.4 cm³/mol. The standard InChI is InChI=1S/C8H9F2NO/c1-8(9,10)7-4-3-6(12-2)5-11-7/h3-5H,1-2H3. The number of hydrogen-bond acceptors (Lipinski definition) is 2. The Morgan fingerprint density at radius 2 is 2.08 bits per heavy atom. The van der Waals surface area contributed by atoms with E-state index in [1.54, 1.807) is 0 Å². The van der Waals surface area contributed by atoms with Gasteiger partial charge in [-0.2, -0.15) is 8.78 Å². The first-order valence-electron chi connectivity index (χ1n) is 3.42. The molecule has 0 aromatic carbocycles. The Balaban J connectivity index is 2.93. The zero-order valence-corrected chi connectivity index (χ0v) is 6.84. The van der Waals surface area contributed by atoms with Gasteiger partial charge in [0.15, 0.2) is 0 Å². The van der Waals surface area contributed by atoms with Gasteiger partial charge in [-0.1, -0.05) is 0 Å². The van der Waals surface area contributed by atoms with E-state index < -0.39 is 5.92 Å². The number of halogens is 2. The Morgan fingerprint density at radius 1 is 1.42 bits per heavy atom. The van der Waals surface area contributed by atoms with Crippen molar-refractivity contribution in [2.45, 2.75) is 12.8 Å². The van der Waals surface area contributed by atoms with E-state index >= 15 is 0 Å². The highest BCUT2D eigenvalue weighted by Gasteiger charge is 2.25. The summed E-state index contributed by atoms with van der Waals surface area (Å²) in [6.07, 6.45) is 1.27. The van der Waals surface area contributed by atoms with E-state index in [0.29, 0.717) is 5.75 Å². The third-order valence-electron chi connectivity index (χ3n) is 1.42. The molecule has 2 nitrogen and oxygen atoms in total. The van der Waals surface area contributed by atoms with Crippen LogP contribution in [0.3, 0.4) is 0 Å². The average Bonchev–Trinajstić information content (AvgIpc) is 2.03. The summed E-state index contributed by atoms with van der Waals surface area (Å²) < 4.78 is 29.9. The van der Waals surface area contributed by atoms with Crippen LogP contribution in [-0.2, 0) is 5.92 Å². The zero-order chi connectivity index (χ0) is 9.19. The predicted octanol–water partition coefficient (Wildman–Crippen LogP) is 2.20. The summed E-state index contributed by atoms with van der Waals surface area (Å²) in [5.74, 6) is -2.41. The first-order valence-corrected chi connectivity index (χ1v) is 3.42. The molecule has 0 aliphatic heterocycles. The quantitative estimate of drug-likeness (QED) is 0.684. The van der Waals surface area contributed by atoms with E-state index in [9.17, 15) is 8.78 Å². The molecule has 66 valence electrons. The molecule has 1 heterocycles. The molecule has 1 rings (SSSR count). The molecular weight excluding hydrogens is 164 g/mol. The topological polar surface area (TPSA) is 22.1 Å². The third kappa shape index (κ3) is 1.90. The van der Waals surface area contributed by atoms with Crippen LogP contribution in [0.2, 0.25) is 0 Å². The van der Waals surface area contributed by atoms with Crippen LogP contribution in [0, 0.1) is 0 Å². The monoisotopic (exact) mass is 173 g/mol. The maximum Gasteiger partial charge on any atom is 0.286 e. The minimum atomic E-state index is -2.88.